The van der Waals surface area contributed by atoms with Crippen molar-refractivity contribution in [3.63, 3.8) is 0 Å². The van der Waals surface area contributed by atoms with Crippen molar-refractivity contribution < 1.29 is 0 Å². The molecule has 72 heavy (non-hydrogen) atoms. The van der Waals surface area contributed by atoms with E-state index in [4.69, 9.17) is 0 Å². The maximum atomic E-state index is 2.67. The van der Waals surface area contributed by atoms with Crippen molar-refractivity contribution in [3.8, 4) is 33.6 Å². The summed E-state index contributed by atoms with van der Waals surface area (Å²) in [6, 6.07) is 70.0. The van der Waals surface area contributed by atoms with Gasteiger partial charge in [0.25, 0.3) is 6.71 Å². The second-order valence-corrected chi connectivity index (χ2v) is 24.4. The number of aromatic nitrogens is 2. The predicted octanol–water partition coefficient (Wildman–Crippen LogP) is 16.3. The molecule has 0 N–H and O–H groups in total. The zero-order chi connectivity index (χ0) is 48.7. The normalized spacial score (nSPS) is 14.4. The molecular formula is C67H54BN3S. The van der Waals surface area contributed by atoms with Crippen LogP contribution in [0.5, 0.6) is 0 Å². The van der Waals surface area contributed by atoms with Crippen molar-refractivity contribution in [1.29, 1.82) is 0 Å². The van der Waals surface area contributed by atoms with E-state index < -0.39 is 0 Å². The third-order valence-electron chi connectivity index (χ3n) is 16.8. The predicted molar refractivity (Wildman–Crippen MR) is 310 cm³/mol. The summed E-state index contributed by atoms with van der Waals surface area (Å²) in [6.45, 7) is 18.8. The average molecular weight is 944 g/mol. The third-order valence-corrected chi connectivity index (χ3v) is 18.0. The third kappa shape index (κ3) is 5.52. The van der Waals surface area contributed by atoms with E-state index in [1.807, 2.05) is 11.3 Å². The van der Waals surface area contributed by atoms with Crippen molar-refractivity contribution >= 4 is 105 Å². The molecule has 0 bridgehead atoms. The number of hydrogen-bond donors (Lipinski definition) is 0. The van der Waals surface area contributed by atoms with E-state index in [0.29, 0.717) is 0 Å². The summed E-state index contributed by atoms with van der Waals surface area (Å²) in [5, 5.41) is 6.44. The molecule has 0 spiro atoms. The standard InChI is InChI=1S/C67H54BN3S/c1-65(2,3)40-28-31-43(32-29-40)70-55-36-39(44-22-16-23-47-45-20-12-14-25-51(45)67(7,8)59(44)47)37-56-60(55)68(64-63(70)49-33-30-41(66(4,5)6)38-57(49)72-64)52-26-17-24-50-58-54(71(56)61(50)52)35-34-48-46-21-13-15-27-53(46)69(62(48)58)42-18-10-9-11-19-42/h9-38H,1-8H3. The number of fused-ring (bicyclic) bond motifs is 16. The molecule has 3 aliphatic rings. The summed E-state index contributed by atoms with van der Waals surface area (Å²) in [6.07, 6.45) is 0. The van der Waals surface area contributed by atoms with E-state index >= 15 is 0 Å². The first-order valence-corrected chi connectivity index (χ1v) is 26.5. The SMILES string of the molecule is CC(C)(C)c1ccc(N2c3cc(-c4cccc5c4C(C)(C)c4ccccc4-5)cc4c3B(c3sc5cc(C(C)(C)C)ccc5c32)c2cccc3c5c(ccc6c7ccccc7n(-c7ccccc7)c65)n-4c23)cc1. The van der Waals surface area contributed by atoms with Crippen LogP contribution in [0.2, 0.25) is 0 Å². The molecule has 5 heterocycles. The molecule has 9 aromatic carbocycles. The highest BCUT2D eigenvalue weighted by Gasteiger charge is 2.46. The van der Waals surface area contributed by atoms with E-state index in [-0.39, 0.29) is 23.0 Å². The number of anilines is 3. The van der Waals surface area contributed by atoms with Crippen molar-refractivity contribution in [2.75, 3.05) is 4.90 Å². The van der Waals surface area contributed by atoms with Gasteiger partial charge in [0.15, 0.2) is 0 Å². The average Bonchev–Trinajstić information content (AvgIpc) is 4.10. The number of thiophene rings is 1. The van der Waals surface area contributed by atoms with Gasteiger partial charge >= 0.3 is 0 Å². The van der Waals surface area contributed by atoms with Gasteiger partial charge in [0.1, 0.15) is 0 Å². The number of para-hydroxylation sites is 3. The Morgan fingerprint density at radius 1 is 0.486 bits per heavy atom. The van der Waals surface area contributed by atoms with Gasteiger partial charge in [0.2, 0.25) is 0 Å². The summed E-state index contributed by atoms with van der Waals surface area (Å²) < 4.78 is 7.94. The second kappa shape index (κ2) is 14.3. The Morgan fingerprint density at radius 3 is 1.96 bits per heavy atom. The molecule has 0 atom stereocenters. The fourth-order valence-electron chi connectivity index (χ4n) is 13.4. The van der Waals surface area contributed by atoms with Crippen molar-refractivity contribution in [1.82, 2.24) is 9.13 Å². The van der Waals surface area contributed by atoms with Gasteiger partial charge in [-0.2, -0.15) is 0 Å². The smallest absolute Gasteiger partial charge is 0.264 e. The molecule has 0 amide bonds. The fraction of sp³-hybridized carbons (Fsp3) is 0.164. The number of hydrogen-bond acceptors (Lipinski definition) is 2. The number of benzene rings is 9. The Labute approximate surface area is 425 Å². The van der Waals surface area contributed by atoms with Crippen LogP contribution in [-0.4, -0.2) is 15.8 Å². The first-order valence-electron chi connectivity index (χ1n) is 25.7. The van der Waals surface area contributed by atoms with Crippen LogP contribution in [0.1, 0.15) is 77.6 Å². The molecule has 0 unspecified atom stereocenters. The first-order chi connectivity index (χ1) is 34.8. The van der Waals surface area contributed by atoms with Gasteiger partial charge in [-0.25, -0.2) is 0 Å². The van der Waals surface area contributed by atoms with Crippen LogP contribution in [-0.2, 0) is 16.2 Å². The van der Waals surface area contributed by atoms with E-state index in [1.165, 1.54) is 142 Å². The van der Waals surface area contributed by atoms with Crippen LogP contribution in [0.4, 0.5) is 17.1 Å². The fourth-order valence-corrected chi connectivity index (χ4v) is 14.8. The topological polar surface area (TPSA) is 13.1 Å². The zero-order valence-corrected chi connectivity index (χ0v) is 43.0. The Kier molecular flexibility index (Phi) is 8.37. The van der Waals surface area contributed by atoms with E-state index in [2.05, 4.69) is 251 Å². The minimum absolute atomic E-state index is 0.0119. The lowest BCUT2D eigenvalue weighted by atomic mass is 9.36. The number of nitrogens with zero attached hydrogens (tertiary/aromatic N) is 3. The van der Waals surface area contributed by atoms with Gasteiger partial charge in [0.05, 0.1) is 22.2 Å². The lowest BCUT2D eigenvalue weighted by Gasteiger charge is -2.39. The van der Waals surface area contributed by atoms with Gasteiger partial charge in [0, 0.05) is 70.1 Å². The highest BCUT2D eigenvalue weighted by Crippen LogP contribution is 2.54. The maximum absolute atomic E-state index is 2.67. The molecule has 15 rings (SSSR count). The Hall–Kier alpha value is -7.60. The summed E-state index contributed by atoms with van der Waals surface area (Å²) >= 11 is 2.00. The van der Waals surface area contributed by atoms with Crippen molar-refractivity contribution in [2.45, 2.75) is 71.6 Å². The molecule has 0 saturated carbocycles. The molecule has 5 heteroatoms. The monoisotopic (exact) mass is 943 g/mol. The van der Waals surface area contributed by atoms with Gasteiger partial charge < -0.3 is 14.0 Å². The van der Waals surface area contributed by atoms with Crippen LogP contribution in [0.3, 0.4) is 0 Å². The van der Waals surface area contributed by atoms with Gasteiger partial charge in [-0.15, -0.1) is 11.3 Å². The molecule has 2 aliphatic heterocycles. The highest BCUT2D eigenvalue weighted by molar-refractivity contribution is 7.33. The van der Waals surface area contributed by atoms with Crippen molar-refractivity contribution in [2.24, 2.45) is 0 Å². The molecule has 0 radical (unpaired) electrons. The first kappa shape index (κ1) is 42.1. The molecule has 0 saturated heterocycles. The molecule has 0 fully saturated rings. The number of rotatable bonds is 3. The van der Waals surface area contributed by atoms with E-state index in [9.17, 15) is 0 Å². The van der Waals surface area contributed by atoms with Crippen LogP contribution >= 0.6 is 11.3 Å². The van der Waals surface area contributed by atoms with Gasteiger partial charge in [-0.1, -0.05) is 183 Å². The lowest BCUT2D eigenvalue weighted by Crippen LogP contribution is -2.59. The minimum Gasteiger partial charge on any atom is -0.310 e. The van der Waals surface area contributed by atoms with Gasteiger partial charge in [-0.05, 0) is 121 Å². The second-order valence-electron chi connectivity index (χ2n) is 23.3. The summed E-state index contributed by atoms with van der Waals surface area (Å²) in [5.41, 5.74) is 24.4. The Bertz CT molecular complexity index is 4320. The summed E-state index contributed by atoms with van der Waals surface area (Å²) in [4.78, 5) is 2.65. The molecule has 1 aliphatic carbocycles. The zero-order valence-electron chi connectivity index (χ0n) is 42.1. The van der Waals surface area contributed by atoms with E-state index in [0.717, 1.165) is 0 Å². The van der Waals surface area contributed by atoms with Gasteiger partial charge in [-0.3, -0.25) is 0 Å². The summed E-state index contributed by atoms with van der Waals surface area (Å²) in [5.74, 6) is 0. The molecule has 3 nitrogen and oxygen atoms in total. The van der Waals surface area contributed by atoms with Crippen molar-refractivity contribution in [3.05, 3.63) is 204 Å². The molecule has 12 aromatic rings. The lowest BCUT2D eigenvalue weighted by molar-refractivity contribution is 0.590. The van der Waals surface area contributed by atoms with Crippen LogP contribution in [0.25, 0.3) is 87.3 Å². The van der Waals surface area contributed by atoms with Crippen LogP contribution in [0.15, 0.2) is 182 Å². The molecule has 346 valence electrons. The quantitative estimate of drug-likeness (QED) is 0.161. The summed E-state index contributed by atoms with van der Waals surface area (Å²) in [7, 11) is 0. The molecule has 3 aromatic heterocycles. The van der Waals surface area contributed by atoms with Crippen LogP contribution in [0, 0.1) is 0 Å². The molecular weight excluding hydrogens is 890 g/mol. The Morgan fingerprint density at radius 2 is 1.15 bits per heavy atom. The highest BCUT2D eigenvalue weighted by atomic mass is 32.1. The Balaban J connectivity index is 1.12. The van der Waals surface area contributed by atoms with E-state index in [1.54, 1.807) is 0 Å². The van der Waals surface area contributed by atoms with Crippen LogP contribution < -0.4 is 20.6 Å². The maximum Gasteiger partial charge on any atom is 0.264 e. The minimum atomic E-state index is -0.196. The largest absolute Gasteiger partial charge is 0.310 e.